The number of fused-ring (bicyclic) bond motifs is 6. The van der Waals surface area contributed by atoms with Crippen molar-refractivity contribution in [1.82, 2.24) is 14.1 Å². The second kappa shape index (κ2) is 14.0. The standard InChI is InChI=1S/C52H26N8/c53-27-32-9-13-40(38(21-32)29-55)35-11-15-49-44(23-35)42-5-1-3-7-47(42)59(49)51-25-37(34-17-19-58-20-18-34)26-52(46(51)31-57)60-48-8-4-2-6-43(48)45-24-36(12-16-50(45)60)41-14-10-33(28-54)22-39(41)30-56/h1-26H. The van der Waals surface area contributed by atoms with Crippen molar-refractivity contribution in [1.29, 1.82) is 26.3 Å². The summed E-state index contributed by atoms with van der Waals surface area (Å²) in [5.74, 6) is 0. The third-order valence-corrected chi connectivity index (χ3v) is 11.2. The van der Waals surface area contributed by atoms with E-state index in [0.717, 1.165) is 77.0 Å². The average Bonchev–Trinajstić information content (AvgIpc) is 3.82. The lowest BCUT2D eigenvalue weighted by Crippen LogP contribution is -2.05. The van der Waals surface area contributed by atoms with Crippen LogP contribution in [0, 0.1) is 56.7 Å². The van der Waals surface area contributed by atoms with Crippen molar-refractivity contribution in [2.45, 2.75) is 0 Å². The molecule has 60 heavy (non-hydrogen) atoms. The van der Waals surface area contributed by atoms with Crippen LogP contribution in [0.25, 0.3) is 88.4 Å². The van der Waals surface area contributed by atoms with Gasteiger partial charge in [0, 0.05) is 33.9 Å². The van der Waals surface area contributed by atoms with Crippen molar-refractivity contribution in [3.8, 4) is 75.1 Å². The Kier molecular flexibility index (Phi) is 8.23. The van der Waals surface area contributed by atoms with Crippen molar-refractivity contribution >= 4 is 43.6 Å². The van der Waals surface area contributed by atoms with Crippen LogP contribution in [0.5, 0.6) is 0 Å². The third kappa shape index (κ3) is 5.45. The first-order valence-corrected chi connectivity index (χ1v) is 19.0. The number of hydrogen-bond acceptors (Lipinski definition) is 6. The van der Waals surface area contributed by atoms with Gasteiger partial charge in [0.25, 0.3) is 0 Å². The van der Waals surface area contributed by atoms with Crippen LogP contribution in [-0.4, -0.2) is 14.1 Å². The summed E-state index contributed by atoms with van der Waals surface area (Å²) in [5, 5.41) is 54.2. The number of rotatable bonds is 5. The molecule has 7 aromatic carbocycles. The number of nitriles is 5. The smallest absolute Gasteiger partial charge is 0.104 e. The van der Waals surface area contributed by atoms with Gasteiger partial charge in [0.15, 0.2) is 0 Å². The monoisotopic (exact) mass is 762 g/mol. The first-order valence-electron chi connectivity index (χ1n) is 19.0. The summed E-state index contributed by atoms with van der Waals surface area (Å²) in [7, 11) is 0. The van der Waals surface area contributed by atoms with Gasteiger partial charge in [-0.15, -0.1) is 0 Å². The van der Waals surface area contributed by atoms with Crippen molar-refractivity contribution in [2.75, 3.05) is 0 Å². The number of para-hydroxylation sites is 2. The Morgan fingerprint density at radius 2 is 0.833 bits per heavy atom. The van der Waals surface area contributed by atoms with Gasteiger partial charge in [-0.1, -0.05) is 60.7 Å². The Morgan fingerprint density at radius 3 is 1.28 bits per heavy atom. The van der Waals surface area contributed by atoms with Gasteiger partial charge in [-0.2, -0.15) is 26.3 Å². The van der Waals surface area contributed by atoms with Crippen LogP contribution in [0.15, 0.2) is 158 Å². The molecule has 0 saturated heterocycles. The predicted molar refractivity (Wildman–Crippen MR) is 233 cm³/mol. The summed E-state index contributed by atoms with van der Waals surface area (Å²) in [6.45, 7) is 0. The fraction of sp³-hybridized carbons (Fsp3) is 0. The average molecular weight is 763 g/mol. The van der Waals surface area contributed by atoms with Crippen LogP contribution in [0.2, 0.25) is 0 Å². The first kappa shape index (κ1) is 35.2. The van der Waals surface area contributed by atoms with Crippen molar-refractivity contribution in [3.63, 3.8) is 0 Å². The zero-order valence-corrected chi connectivity index (χ0v) is 31.6. The molecule has 3 heterocycles. The molecule has 0 aliphatic rings. The van der Waals surface area contributed by atoms with Crippen LogP contribution in [0.3, 0.4) is 0 Å². The Labute approximate surface area is 343 Å². The highest BCUT2D eigenvalue weighted by molar-refractivity contribution is 6.12. The van der Waals surface area contributed by atoms with E-state index < -0.39 is 0 Å². The van der Waals surface area contributed by atoms with Crippen LogP contribution in [0.1, 0.15) is 27.8 Å². The molecule has 0 bridgehead atoms. The molecular weight excluding hydrogens is 737 g/mol. The summed E-state index contributed by atoms with van der Waals surface area (Å²) in [6.07, 6.45) is 3.52. The van der Waals surface area contributed by atoms with E-state index in [9.17, 15) is 26.3 Å². The maximum absolute atomic E-state index is 11.3. The molecule has 8 heteroatoms. The number of benzene rings is 7. The minimum atomic E-state index is 0.416. The molecule has 0 aliphatic heterocycles. The molecule has 0 aliphatic carbocycles. The van der Waals surface area contributed by atoms with E-state index in [1.165, 1.54) is 0 Å². The van der Waals surface area contributed by atoms with E-state index in [1.807, 2.05) is 72.8 Å². The molecule has 8 nitrogen and oxygen atoms in total. The highest BCUT2D eigenvalue weighted by atomic mass is 15.0. The Balaban J connectivity index is 1.27. The van der Waals surface area contributed by atoms with Gasteiger partial charge in [-0.25, -0.2) is 0 Å². The van der Waals surface area contributed by atoms with Crippen LogP contribution in [0.4, 0.5) is 0 Å². The summed E-state index contributed by atoms with van der Waals surface area (Å²) in [6, 6.07) is 58.1. The van der Waals surface area contributed by atoms with E-state index in [4.69, 9.17) is 0 Å². The summed E-state index contributed by atoms with van der Waals surface area (Å²) >= 11 is 0. The van der Waals surface area contributed by atoms with Gasteiger partial charge in [0.1, 0.15) is 11.6 Å². The van der Waals surface area contributed by atoms with E-state index in [-0.39, 0.29) is 0 Å². The van der Waals surface area contributed by atoms with E-state index in [2.05, 4.69) is 93.0 Å². The highest BCUT2D eigenvalue weighted by Crippen LogP contribution is 2.42. The lowest BCUT2D eigenvalue weighted by molar-refractivity contribution is 1.12. The minimum absolute atomic E-state index is 0.416. The second-order valence-electron chi connectivity index (χ2n) is 14.4. The van der Waals surface area contributed by atoms with Crippen molar-refractivity contribution < 1.29 is 0 Å². The lowest BCUT2D eigenvalue weighted by atomic mass is 9.97. The van der Waals surface area contributed by atoms with Crippen molar-refractivity contribution in [2.24, 2.45) is 0 Å². The quantitative estimate of drug-likeness (QED) is 0.171. The van der Waals surface area contributed by atoms with E-state index in [0.29, 0.717) is 39.2 Å². The molecule has 0 spiro atoms. The number of nitrogens with zero attached hydrogens (tertiary/aromatic N) is 8. The minimum Gasteiger partial charge on any atom is -0.308 e. The fourth-order valence-electron chi connectivity index (χ4n) is 8.51. The molecule has 10 aromatic rings. The fourth-order valence-corrected chi connectivity index (χ4v) is 8.51. The molecule has 0 saturated carbocycles. The van der Waals surface area contributed by atoms with Crippen LogP contribution in [-0.2, 0) is 0 Å². The maximum Gasteiger partial charge on any atom is 0.104 e. The first-order chi connectivity index (χ1) is 29.5. The number of hydrogen-bond donors (Lipinski definition) is 0. The maximum atomic E-state index is 11.3. The molecule has 0 radical (unpaired) electrons. The zero-order valence-electron chi connectivity index (χ0n) is 31.6. The number of pyridine rings is 1. The topological polar surface area (TPSA) is 142 Å². The largest absolute Gasteiger partial charge is 0.308 e. The molecular formula is C52H26N8. The van der Waals surface area contributed by atoms with Crippen LogP contribution < -0.4 is 0 Å². The third-order valence-electron chi connectivity index (χ3n) is 11.2. The van der Waals surface area contributed by atoms with Gasteiger partial charge < -0.3 is 9.13 Å². The van der Waals surface area contributed by atoms with Gasteiger partial charge in [0.2, 0.25) is 0 Å². The predicted octanol–water partition coefficient (Wildman–Crippen LogP) is 11.6. The van der Waals surface area contributed by atoms with Crippen LogP contribution >= 0.6 is 0 Å². The zero-order chi connectivity index (χ0) is 40.9. The molecule has 0 unspecified atom stereocenters. The normalized spacial score (nSPS) is 10.9. The molecule has 0 atom stereocenters. The molecule has 0 amide bonds. The lowest BCUT2D eigenvalue weighted by Gasteiger charge is -2.18. The van der Waals surface area contributed by atoms with Gasteiger partial charge in [0.05, 0.1) is 80.0 Å². The molecule has 10 rings (SSSR count). The van der Waals surface area contributed by atoms with E-state index >= 15 is 0 Å². The molecule has 3 aromatic heterocycles. The summed E-state index contributed by atoms with van der Waals surface area (Å²) in [4.78, 5) is 4.29. The highest BCUT2D eigenvalue weighted by Gasteiger charge is 2.23. The SMILES string of the molecule is N#Cc1ccc(-c2ccc3c(c2)c2ccccc2n3-c2cc(-c3ccncc3)cc(-n3c4ccccc4c4cc(-c5ccc(C#N)cc5C#N)ccc43)c2C#N)c(C#N)c1. The summed E-state index contributed by atoms with van der Waals surface area (Å²) in [5.41, 5.74) is 12.0. The number of aromatic nitrogens is 3. The molecule has 0 N–H and O–H groups in total. The Bertz CT molecular complexity index is 3450. The summed E-state index contributed by atoms with van der Waals surface area (Å²) < 4.78 is 4.29. The Hall–Kier alpha value is -9.26. The second-order valence-corrected chi connectivity index (χ2v) is 14.4. The van der Waals surface area contributed by atoms with Crippen molar-refractivity contribution in [3.05, 3.63) is 186 Å². The molecule has 274 valence electrons. The van der Waals surface area contributed by atoms with Gasteiger partial charge >= 0.3 is 0 Å². The van der Waals surface area contributed by atoms with Gasteiger partial charge in [-0.3, -0.25) is 4.98 Å². The van der Waals surface area contributed by atoms with Gasteiger partial charge in [-0.05, 0) is 118 Å². The Morgan fingerprint density at radius 1 is 0.367 bits per heavy atom. The molecule has 0 fully saturated rings. The van der Waals surface area contributed by atoms with E-state index in [1.54, 1.807) is 36.7 Å².